The third-order valence-corrected chi connectivity index (χ3v) is 7.68. The van der Waals surface area contributed by atoms with Crippen LogP contribution in [0.5, 0.6) is 0 Å². The van der Waals surface area contributed by atoms with Crippen molar-refractivity contribution in [2.75, 3.05) is 18.0 Å². The van der Waals surface area contributed by atoms with Crippen molar-refractivity contribution in [3.63, 3.8) is 0 Å². The zero-order valence-corrected chi connectivity index (χ0v) is 19.1. The lowest BCUT2D eigenvalue weighted by molar-refractivity contribution is 0.447. The molecule has 4 rings (SSSR count). The summed E-state index contributed by atoms with van der Waals surface area (Å²) in [5, 5.41) is 0.502. The molecule has 0 bridgehead atoms. The van der Waals surface area contributed by atoms with Gasteiger partial charge >= 0.3 is 0 Å². The Hall–Kier alpha value is -2.76. The number of nitrogens with zero attached hydrogens (tertiary/aromatic N) is 2. The van der Waals surface area contributed by atoms with Gasteiger partial charge in [0.15, 0.2) is 0 Å². The molecular formula is C25H25ClN2O2S. The summed E-state index contributed by atoms with van der Waals surface area (Å²) in [4.78, 5) is 2.48. The molecule has 160 valence electrons. The minimum atomic E-state index is -3.78. The van der Waals surface area contributed by atoms with Crippen molar-refractivity contribution in [2.45, 2.75) is 24.8 Å². The summed E-state index contributed by atoms with van der Waals surface area (Å²) in [6, 6.07) is 21.9. The first-order valence-corrected chi connectivity index (χ1v) is 12.2. The summed E-state index contributed by atoms with van der Waals surface area (Å²) in [6.45, 7) is 6.09. The topological polar surface area (TPSA) is 40.6 Å². The Morgan fingerprint density at radius 3 is 2.19 bits per heavy atom. The summed E-state index contributed by atoms with van der Waals surface area (Å²) in [7, 11) is -3.78. The van der Waals surface area contributed by atoms with Crippen LogP contribution in [-0.4, -0.2) is 25.8 Å². The molecule has 1 atom stereocenters. The molecule has 0 aromatic heterocycles. The van der Waals surface area contributed by atoms with Crippen LogP contribution in [0.15, 0.2) is 83.9 Å². The molecule has 0 saturated heterocycles. The second kappa shape index (κ2) is 8.77. The summed E-state index contributed by atoms with van der Waals surface area (Å²) in [5.41, 5.74) is 4.02. The molecule has 0 aliphatic carbocycles. The first kappa shape index (κ1) is 21.5. The molecule has 0 saturated carbocycles. The highest BCUT2D eigenvalue weighted by Gasteiger charge is 2.34. The molecule has 1 aliphatic heterocycles. The normalized spacial score (nSPS) is 15.6. The summed E-state index contributed by atoms with van der Waals surface area (Å²) >= 11 is 5.98. The SMILES string of the molecule is CCN(CC)c1ccc(C2c3ccccc3C=CN2S(=O)(=O)c2ccc(Cl)cc2)cc1. The van der Waals surface area contributed by atoms with E-state index in [4.69, 9.17) is 11.6 Å². The minimum absolute atomic E-state index is 0.214. The van der Waals surface area contributed by atoms with Gasteiger partial charge in [-0.15, -0.1) is 0 Å². The fourth-order valence-corrected chi connectivity index (χ4v) is 5.60. The maximum atomic E-state index is 13.6. The van der Waals surface area contributed by atoms with Gasteiger partial charge in [0, 0.05) is 30.0 Å². The molecule has 0 radical (unpaired) electrons. The zero-order chi connectivity index (χ0) is 22.0. The van der Waals surface area contributed by atoms with Gasteiger partial charge in [0.25, 0.3) is 10.0 Å². The van der Waals surface area contributed by atoms with Crippen LogP contribution in [-0.2, 0) is 10.0 Å². The van der Waals surface area contributed by atoms with Crippen molar-refractivity contribution in [2.24, 2.45) is 0 Å². The van der Waals surface area contributed by atoms with Crippen LogP contribution in [0.25, 0.3) is 6.08 Å². The van der Waals surface area contributed by atoms with E-state index < -0.39 is 16.1 Å². The Labute approximate surface area is 189 Å². The molecule has 4 nitrogen and oxygen atoms in total. The van der Waals surface area contributed by atoms with Gasteiger partial charge in [-0.3, -0.25) is 4.31 Å². The Kier molecular flexibility index (Phi) is 6.08. The highest BCUT2D eigenvalue weighted by Crippen LogP contribution is 2.39. The third-order valence-electron chi connectivity index (χ3n) is 5.67. The number of anilines is 1. The fraction of sp³-hybridized carbons (Fsp3) is 0.200. The number of hydrogen-bond donors (Lipinski definition) is 0. The molecule has 6 heteroatoms. The number of fused-ring (bicyclic) bond motifs is 1. The smallest absolute Gasteiger partial charge is 0.264 e. The van der Waals surface area contributed by atoms with E-state index in [-0.39, 0.29) is 4.90 Å². The quantitative estimate of drug-likeness (QED) is 0.464. The minimum Gasteiger partial charge on any atom is -0.372 e. The molecule has 3 aromatic carbocycles. The molecule has 3 aromatic rings. The first-order valence-electron chi connectivity index (χ1n) is 10.4. The Bertz CT molecular complexity index is 1180. The molecule has 31 heavy (non-hydrogen) atoms. The standard InChI is InChI=1S/C25H25ClN2O2S/c1-3-27(4-2)22-13-9-20(10-14-22)25-24-8-6-5-7-19(24)17-18-28(25)31(29,30)23-15-11-21(26)12-16-23/h5-18,25H,3-4H2,1-2H3. The number of sulfonamides is 1. The predicted molar refractivity (Wildman–Crippen MR) is 128 cm³/mol. The zero-order valence-electron chi connectivity index (χ0n) is 17.6. The van der Waals surface area contributed by atoms with Crippen molar-refractivity contribution < 1.29 is 8.42 Å². The van der Waals surface area contributed by atoms with Gasteiger partial charge in [0.1, 0.15) is 0 Å². The van der Waals surface area contributed by atoms with Crippen molar-refractivity contribution in [1.82, 2.24) is 4.31 Å². The van der Waals surface area contributed by atoms with Gasteiger partial charge < -0.3 is 4.90 Å². The monoisotopic (exact) mass is 452 g/mol. The number of benzene rings is 3. The van der Waals surface area contributed by atoms with Crippen LogP contribution in [0.3, 0.4) is 0 Å². The van der Waals surface area contributed by atoms with Crippen molar-refractivity contribution in [3.8, 4) is 0 Å². The lowest BCUT2D eigenvalue weighted by Gasteiger charge is -2.34. The Morgan fingerprint density at radius 1 is 0.903 bits per heavy atom. The van der Waals surface area contributed by atoms with Gasteiger partial charge in [-0.25, -0.2) is 8.42 Å². The van der Waals surface area contributed by atoms with Crippen molar-refractivity contribution >= 4 is 33.4 Å². The van der Waals surface area contributed by atoms with Crippen LogP contribution in [0.1, 0.15) is 36.6 Å². The van der Waals surface area contributed by atoms with E-state index in [9.17, 15) is 8.42 Å². The molecule has 1 aliphatic rings. The lowest BCUT2D eigenvalue weighted by atomic mass is 9.92. The molecule has 1 heterocycles. The van der Waals surface area contributed by atoms with Crippen LogP contribution in [0.2, 0.25) is 5.02 Å². The highest BCUT2D eigenvalue weighted by molar-refractivity contribution is 7.89. The van der Waals surface area contributed by atoms with Crippen LogP contribution >= 0.6 is 11.6 Å². The van der Waals surface area contributed by atoms with Gasteiger partial charge in [-0.05, 0) is 73.0 Å². The average molecular weight is 453 g/mol. The molecule has 1 unspecified atom stereocenters. The summed E-state index contributed by atoms with van der Waals surface area (Å²) < 4.78 is 28.6. The van der Waals surface area contributed by atoms with E-state index in [2.05, 4.69) is 30.9 Å². The maximum absolute atomic E-state index is 13.6. The van der Waals surface area contributed by atoms with Crippen LogP contribution in [0.4, 0.5) is 5.69 Å². The molecule has 0 N–H and O–H groups in total. The van der Waals surface area contributed by atoms with Gasteiger partial charge in [0.05, 0.1) is 10.9 Å². The third kappa shape index (κ3) is 4.08. The van der Waals surface area contributed by atoms with E-state index in [1.807, 2.05) is 42.5 Å². The van der Waals surface area contributed by atoms with E-state index in [1.165, 1.54) is 4.31 Å². The summed E-state index contributed by atoms with van der Waals surface area (Å²) in [6.07, 6.45) is 3.51. The Balaban J connectivity index is 1.81. The summed E-state index contributed by atoms with van der Waals surface area (Å²) in [5.74, 6) is 0. The molecular weight excluding hydrogens is 428 g/mol. The van der Waals surface area contributed by atoms with Gasteiger partial charge in [-0.2, -0.15) is 0 Å². The highest BCUT2D eigenvalue weighted by atomic mass is 35.5. The number of hydrogen-bond acceptors (Lipinski definition) is 3. The number of rotatable bonds is 6. The van der Waals surface area contributed by atoms with E-state index in [0.717, 1.165) is 35.5 Å². The van der Waals surface area contributed by atoms with E-state index in [1.54, 1.807) is 30.5 Å². The second-order valence-electron chi connectivity index (χ2n) is 7.40. The molecule has 0 fully saturated rings. The van der Waals surface area contributed by atoms with E-state index in [0.29, 0.717) is 5.02 Å². The van der Waals surface area contributed by atoms with Crippen molar-refractivity contribution in [1.29, 1.82) is 0 Å². The fourth-order valence-electron chi connectivity index (χ4n) is 4.02. The van der Waals surface area contributed by atoms with Gasteiger partial charge in [0.2, 0.25) is 0 Å². The Morgan fingerprint density at radius 2 is 1.55 bits per heavy atom. The maximum Gasteiger partial charge on any atom is 0.264 e. The largest absolute Gasteiger partial charge is 0.372 e. The van der Waals surface area contributed by atoms with Crippen LogP contribution in [0, 0.1) is 0 Å². The lowest BCUT2D eigenvalue weighted by Crippen LogP contribution is -2.33. The van der Waals surface area contributed by atoms with Crippen LogP contribution < -0.4 is 4.90 Å². The van der Waals surface area contributed by atoms with Crippen molar-refractivity contribution in [3.05, 3.63) is 101 Å². The first-order chi connectivity index (χ1) is 15.0. The van der Waals surface area contributed by atoms with Gasteiger partial charge in [-0.1, -0.05) is 48.0 Å². The molecule has 0 amide bonds. The average Bonchev–Trinajstić information content (AvgIpc) is 2.80. The molecule has 0 spiro atoms. The second-order valence-corrected chi connectivity index (χ2v) is 9.68. The number of halogens is 1. The predicted octanol–water partition coefficient (Wildman–Crippen LogP) is 5.95. The van der Waals surface area contributed by atoms with E-state index >= 15 is 0 Å².